The van der Waals surface area contributed by atoms with Crippen molar-refractivity contribution in [3.63, 3.8) is 0 Å². The minimum atomic E-state index is -0.175. The lowest BCUT2D eigenvalue weighted by Gasteiger charge is -2.15. The first kappa shape index (κ1) is 14.3. The Kier molecular flexibility index (Phi) is 3.56. The van der Waals surface area contributed by atoms with E-state index in [0.717, 1.165) is 24.8 Å². The van der Waals surface area contributed by atoms with E-state index in [9.17, 15) is 9.59 Å². The van der Waals surface area contributed by atoms with Crippen molar-refractivity contribution in [2.24, 2.45) is 5.92 Å². The van der Waals surface area contributed by atoms with Crippen LogP contribution in [0.1, 0.15) is 24.8 Å². The molecular weight excluding hydrogens is 290 g/mol. The Morgan fingerprint density at radius 1 is 1.30 bits per heavy atom. The van der Waals surface area contributed by atoms with Crippen molar-refractivity contribution in [3.8, 4) is 0 Å². The first-order valence-electron chi connectivity index (χ1n) is 8.34. The molecule has 1 aliphatic heterocycles. The molecule has 0 radical (unpaired) electrons. The Labute approximate surface area is 135 Å². The molecule has 1 saturated heterocycles. The molecule has 1 aliphatic carbocycles. The van der Waals surface area contributed by atoms with E-state index in [-0.39, 0.29) is 17.7 Å². The van der Waals surface area contributed by atoms with Gasteiger partial charge in [-0.05, 0) is 30.9 Å². The third-order valence-electron chi connectivity index (χ3n) is 4.89. The van der Waals surface area contributed by atoms with E-state index >= 15 is 0 Å². The van der Waals surface area contributed by atoms with Gasteiger partial charge < -0.3 is 15.2 Å². The summed E-state index contributed by atoms with van der Waals surface area (Å²) in [5, 5.41) is 4.20. The highest BCUT2D eigenvalue weighted by Crippen LogP contribution is 2.32. The Bertz CT molecular complexity index is 748. The van der Waals surface area contributed by atoms with Crippen LogP contribution in [0.4, 0.5) is 0 Å². The van der Waals surface area contributed by atoms with Crippen molar-refractivity contribution in [1.29, 1.82) is 0 Å². The molecule has 2 amide bonds. The second-order valence-electron chi connectivity index (χ2n) is 6.58. The van der Waals surface area contributed by atoms with Crippen molar-refractivity contribution in [2.45, 2.75) is 31.7 Å². The number of para-hydroxylation sites is 1. The second kappa shape index (κ2) is 5.72. The molecule has 2 aliphatic rings. The van der Waals surface area contributed by atoms with Crippen LogP contribution in [0.2, 0.25) is 0 Å². The molecule has 2 aromatic rings. The number of amides is 2. The first-order valence-corrected chi connectivity index (χ1v) is 8.34. The Balaban J connectivity index is 1.31. The number of nitrogens with one attached hydrogen (secondary N) is 2. The van der Waals surface area contributed by atoms with Gasteiger partial charge >= 0.3 is 0 Å². The maximum Gasteiger partial charge on any atom is 0.225 e. The van der Waals surface area contributed by atoms with Crippen LogP contribution in [-0.2, 0) is 16.0 Å². The van der Waals surface area contributed by atoms with Gasteiger partial charge in [0, 0.05) is 42.7 Å². The van der Waals surface area contributed by atoms with E-state index < -0.39 is 0 Å². The van der Waals surface area contributed by atoms with Crippen LogP contribution in [0.3, 0.4) is 0 Å². The molecule has 4 rings (SSSR count). The highest BCUT2D eigenvalue weighted by molar-refractivity contribution is 5.89. The lowest BCUT2D eigenvalue weighted by atomic mass is 10.1. The molecule has 2 heterocycles. The van der Waals surface area contributed by atoms with Gasteiger partial charge in [-0.25, -0.2) is 0 Å². The van der Waals surface area contributed by atoms with Gasteiger partial charge in [-0.2, -0.15) is 0 Å². The highest BCUT2D eigenvalue weighted by Gasteiger charge is 2.41. The van der Waals surface area contributed by atoms with Crippen molar-refractivity contribution in [1.82, 2.24) is 15.2 Å². The molecule has 5 heteroatoms. The zero-order chi connectivity index (χ0) is 15.8. The number of carbonyl (C=O) groups excluding carboxylic acids is 2. The zero-order valence-corrected chi connectivity index (χ0v) is 13.0. The number of hydrogen-bond acceptors (Lipinski definition) is 2. The molecule has 5 nitrogen and oxygen atoms in total. The van der Waals surface area contributed by atoms with Gasteiger partial charge in [0.25, 0.3) is 0 Å². The van der Waals surface area contributed by atoms with Gasteiger partial charge in [0.1, 0.15) is 0 Å². The molecule has 2 N–H and O–H groups in total. The topological polar surface area (TPSA) is 65.2 Å². The molecule has 0 bridgehead atoms. The number of hydrogen-bond donors (Lipinski definition) is 2. The normalized spacial score (nSPS) is 21.1. The van der Waals surface area contributed by atoms with Gasteiger partial charge in [0.05, 0.1) is 5.92 Å². The summed E-state index contributed by atoms with van der Waals surface area (Å²) < 4.78 is 0. The molecule has 1 unspecified atom stereocenters. The fourth-order valence-corrected chi connectivity index (χ4v) is 3.45. The summed E-state index contributed by atoms with van der Waals surface area (Å²) in [5.74, 6) is -0.0170. The maximum absolute atomic E-state index is 12.3. The van der Waals surface area contributed by atoms with E-state index in [1.54, 1.807) is 0 Å². The molecule has 120 valence electrons. The fourth-order valence-electron chi connectivity index (χ4n) is 3.45. The lowest BCUT2D eigenvalue weighted by Crippen LogP contribution is -2.34. The Morgan fingerprint density at radius 2 is 2.13 bits per heavy atom. The number of rotatable bonds is 5. The van der Waals surface area contributed by atoms with E-state index in [4.69, 9.17) is 0 Å². The van der Waals surface area contributed by atoms with Crippen molar-refractivity contribution < 1.29 is 9.59 Å². The minimum absolute atomic E-state index is 0.0151. The van der Waals surface area contributed by atoms with Crippen LogP contribution in [0.15, 0.2) is 30.5 Å². The smallest absolute Gasteiger partial charge is 0.225 e. The van der Waals surface area contributed by atoms with Crippen LogP contribution >= 0.6 is 0 Å². The van der Waals surface area contributed by atoms with E-state index in [1.165, 1.54) is 10.9 Å². The predicted molar refractivity (Wildman–Crippen MR) is 87.9 cm³/mol. The van der Waals surface area contributed by atoms with Crippen LogP contribution in [-0.4, -0.2) is 40.8 Å². The zero-order valence-electron chi connectivity index (χ0n) is 13.0. The molecule has 0 spiro atoms. The summed E-state index contributed by atoms with van der Waals surface area (Å²) in [5.41, 5.74) is 2.33. The summed E-state index contributed by atoms with van der Waals surface area (Å²) in [6.45, 7) is 1.21. The number of likely N-dealkylation sites (tertiary alicyclic amines) is 1. The number of aromatic amines is 1. The SMILES string of the molecule is O=C(NCCc1c[nH]c2ccccc12)C1CC(=O)N(C2CC2)C1. The number of H-pyrrole nitrogens is 1. The van der Waals surface area contributed by atoms with Crippen LogP contribution < -0.4 is 5.32 Å². The minimum Gasteiger partial charge on any atom is -0.361 e. The number of fused-ring (bicyclic) bond motifs is 1. The monoisotopic (exact) mass is 311 g/mol. The van der Waals surface area contributed by atoms with Crippen LogP contribution in [0, 0.1) is 5.92 Å². The van der Waals surface area contributed by atoms with Gasteiger partial charge in [-0.1, -0.05) is 18.2 Å². The Morgan fingerprint density at radius 3 is 2.96 bits per heavy atom. The number of aromatic nitrogens is 1. The van der Waals surface area contributed by atoms with Gasteiger partial charge in [0.2, 0.25) is 11.8 Å². The van der Waals surface area contributed by atoms with Crippen molar-refractivity contribution in [3.05, 3.63) is 36.0 Å². The summed E-state index contributed by atoms with van der Waals surface area (Å²) in [7, 11) is 0. The number of nitrogens with zero attached hydrogens (tertiary/aromatic N) is 1. The van der Waals surface area contributed by atoms with Crippen LogP contribution in [0.25, 0.3) is 10.9 Å². The summed E-state index contributed by atoms with van der Waals surface area (Å²) in [6, 6.07) is 8.58. The molecule has 2 fully saturated rings. The van der Waals surface area contributed by atoms with Crippen molar-refractivity contribution in [2.75, 3.05) is 13.1 Å². The fraction of sp³-hybridized carbons (Fsp3) is 0.444. The quantitative estimate of drug-likeness (QED) is 0.885. The Hall–Kier alpha value is -2.30. The number of benzene rings is 1. The largest absolute Gasteiger partial charge is 0.361 e. The van der Waals surface area contributed by atoms with Gasteiger partial charge in [0.15, 0.2) is 0 Å². The average Bonchev–Trinajstić information content (AvgIpc) is 3.21. The van der Waals surface area contributed by atoms with E-state index in [2.05, 4.69) is 16.4 Å². The molecule has 1 saturated carbocycles. The average molecular weight is 311 g/mol. The summed E-state index contributed by atoms with van der Waals surface area (Å²) in [4.78, 5) is 29.3. The maximum atomic E-state index is 12.3. The predicted octanol–water partition coefficient (Wildman–Crippen LogP) is 1.84. The van der Waals surface area contributed by atoms with E-state index in [1.807, 2.05) is 29.3 Å². The second-order valence-corrected chi connectivity index (χ2v) is 6.58. The first-order chi connectivity index (χ1) is 11.2. The highest BCUT2D eigenvalue weighted by atomic mass is 16.2. The lowest BCUT2D eigenvalue weighted by molar-refractivity contribution is -0.129. The van der Waals surface area contributed by atoms with E-state index in [0.29, 0.717) is 25.6 Å². The van der Waals surface area contributed by atoms with Crippen LogP contribution in [0.5, 0.6) is 0 Å². The standard InChI is InChI=1S/C18H21N3O2/c22-17-9-13(11-21(17)14-5-6-14)18(23)19-8-7-12-10-20-16-4-2-1-3-15(12)16/h1-4,10,13-14,20H,5-9,11H2,(H,19,23). The molecular formula is C18H21N3O2. The summed E-state index contributed by atoms with van der Waals surface area (Å²) >= 11 is 0. The molecule has 1 aromatic heterocycles. The van der Waals surface area contributed by atoms with Crippen molar-refractivity contribution >= 4 is 22.7 Å². The molecule has 1 atom stereocenters. The molecule has 1 aromatic carbocycles. The summed E-state index contributed by atoms with van der Waals surface area (Å²) in [6.07, 6.45) is 5.37. The van der Waals surface area contributed by atoms with Gasteiger partial charge in [-0.3, -0.25) is 9.59 Å². The number of carbonyl (C=O) groups is 2. The van der Waals surface area contributed by atoms with Gasteiger partial charge in [-0.15, -0.1) is 0 Å². The third kappa shape index (κ3) is 2.83. The third-order valence-corrected chi connectivity index (χ3v) is 4.89. The molecule has 23 heavy (non-hydrogen) atoms.